The number of amides is 2. The van der Waals surface area contributed by atoms with Crippen molar-refractivity contribution < 1.29 is 19.1 Å². The molecule has 0 bridgehead atoms. The van der Waals surface area contributed by atoms with Gasteiger partial charge in [-0.2, -0.15) is 0 Å². The van der Waals surface area contributed by atoms with E-state index >= 15 is 0 Å². The van der Waals surface area contributed by atoms with E-state index in [1.807, 2.05) is 36.6 Å². The molecule has 2 amide bonds. The highest BCUT2D eigenvalue weighted by Gasteiger charge is 2.15. The molecule has 0 aliphatic carbocycles. The number of thiazole rings is 1. The monoisotopic (exact) mass is 439 g/mol. The molecule has 0 saturated heterocycles. The summed E-state index contributed by atoms with van der Waals surface area (Å²) in [6.07, 6.45) is 0.114. The maximum absolute atomic E-state index is 12.6. The van der Waals surface area contributed by atoms with Crippen molar-refractivity contribution in [3.8, 4) is 22.1 Å². The molecule has 3 rings (SSSR count). The molecule has 7 nitrogen and oxygen atoms in total. The van der Waals surface area contributed by atoms with Crippen LogP contribution in [0.3, 0.4) is 0 Å². The highest BCUT2D eigenvalue weighted by molar-refractivity contribution is 7.13. The summed E-state index contributed by atoms with van der Waals surface area (Å²) in [5, 5.41) is 5.53. The molecule has 0 spiro atoms. The van der Waals surface area contributed by atoms with E-state index in [-0.39, 0.29) is 18.2 Å². The van der Waals surface area contributed by atoms with Crippen molar-refractivity contribution in [3.63, 3.8) is 0 Å². The van der Waals surface area contributed by atoms with E-state index < -0.39 is 0 Å². The molecule has 0 aliphatic rings. The fraction of sp³-hybridized carbons (Fsp3) is 0.261. The lowest BCUT2D eigenvalue weighted by Gasteiger charge is -2.14. The van der Waals surface area contributed by atoms with Crippen LogP contribution in [0.4, 0.5) is 5.69 Å². The second-order valence-electron chi connectivity index (χ2n) is 6.94. The van der Waals surface area contributed by atoms with E-state index in [9.17, 15) is 9.59 Å². The SMILES string of the molecule is CCOc1ccc(-c2nc(CC(=O)Nc3cc(C(=O)N(C)C)ccc3OC)cs2)cc1. The summed E-state index contributed by atoms with van der Waals surface area (Å²) in [7, 11) is 4.87. The molecule has 1 aromatic heterocycles. The van der Waals surface area contributed by atoms with Gasteiger partial charge in [0, 0.05) is 30.6 Å². The van der Waals surface area contributed by atoms with Gasteiger partial charge >= 0.3 is 0 Å². The Balaban J connectivity index is 1.70. The molecular formula is C23H25N3O4S. The van der Waals surface area contributed by atoms with Crippen molar-refractivity contribution in [2.24, 2.45) is 0 Å². The van der Waals surface area contributed by atoms with Crippen molar-refractivity contribution in [2.45, 2.75) is 13.3 Å². The number of rotatable bonds is 8. The van der Waals surface area contributed by atoms with Crippen molar-refractivity contribution in [1.82, 2.24) is 9.88 Å². The zero-order chi connectivity index (χ0) is 22.4. The van der Waals surface area contributed by atoms with E-state index in [2.05, 4.69) is 10.3 Å². The molecule has 0 unspecified atom stereocenters. The van der Waals surface area contributed by atoms with E-state index in [1.165, 1.54) is 23.3 Å². The zero-order valence-electron chi connectivity index (χ0n) is 18.0. The summed E-state index contributed by atoms with van der Waals surface area (Å²) in [5.41, 5.74) is 2.55. The number of nitrogens with zero attached hydrogens (tertiary/aromatic N) is 2. The minimum absolute atomic E-state index is 0.114. The van der Waals surface area contributed by atoms with Gasteiger partial charge in [0.05, 0.1) is 31.5 Å². The van der Waals surface area contributed by atoms with Crippen LogP contribution in [-0.2, 0) is 11.2 Å². The Morgan fingerprint density at radius 2 is 1.87 bits per heavy atom. The van der Waals surface area contributed by atoms with Crippen molar-refractivity contribution >= 4 is 28.8 Å². The van der Waals surface area contributed by atoms with Gasteiger partial charge in [-0.05, 0) is 49.4 Å². The van der Waals surface area contributed by atoms with Gasteiger partial charge in [-0.3, -0.25) is 9.59 Å². The van der Waals surface area contributed by atoms with Gasteiger partial charge in [0.2, 0.25) is 5.91 Å². The first-order valence-electron chi connectivity index (χ1n) is 9.78. The Hall–Kier alpha value is -3.39. The number of ether oxygens (including phenoxy) is 2. The maximum Gasteiger partial charge on any atom is 0.253 e. The number of carbonyl (C=O) groups is 2. The first-order valence-corrected chi connectivity index (χ1v) is 10.7. The third-order valence-corrected chi connectivity index (χ3v) is 5.37. The summed E-state index contributed by atoms with van der Waals surface area (Å²) in [6.45, 7) is 2.56. The molecule has 8 heteroatoms. The second-order valence-corrected chi connectivity index (χ2v) is 7.80. The van der Waals surface area contributed by atoms with Crippen LogP contribution in [0, 0.1) is 0 Å². The molecule has 3 aromatic rings. The first-order chi connectivity index (χ1) is 14.9. The average Bonchev–Trinajstić information content (AvgIpc) is 3.22. The van der Waals surface area contributed by atoms with E-state index in [4.69, 9.17) is 9.47 Å². The first kappa shape index (κ1) is 22.3. The van der Waals surface area contributed by atoms with Gasteiger partial charge in [0.15, 0.2) is 0 Å². The van der Waals surface area contributed by atoms with E-state index in [1.54, 1.807) is 32.3 Å². The van der Waals surface area contributed by atoms with Gasteiger partial charge in [-0.1, -0.05) is 0 Å². The molecule has 0 fully saturated rings. The van der Waals surface area contributed by atoms with Crippen LogP contribution in [0.15, 0.2) is 47.8 Å². The van der Waals surface area contributed by atoms with Crippen LogP contribution < -0.4 is 14.8 Å². The lowest BCUT2D eigenvalue weighted by molar-refractivity contribution is -0.115. The predicted octanol–water partition coefficient (Wildman–Crippen LogP) is 4.10. The number of nitrogens with one attached hydrogen (secondary N) is 1. The minimum Gasteiger partial charge on any atom is -0.495 e. The fourth-order valence-electron chi connectivity index (χ4n) is 2.94. The number of benzene rings is 2. The number of anilines is 1. The fourth-order valence-corrected chi connectivity index (χ4v) is 3.76. The Labute approximate surface area is 185 Å². The van der Waals surface area contributed by atoms with Crippen LogP contribution in [0.2, 0.25) is 0 Å². The molecule has 0 saturated carbocycles. The van der Waals surface area contributed by atoms with Crippen molar-refractivity contribution in [3.05, 3.63) is 59.1 Å². The molecule has 1 heterocycles. The zero-order valence-corrected chi connectivity index (χ0v) is 18.8. The summed E-state index contributed by atoms with van der Waals surface area (Å²) in [6, 6.07) is 12.7. The topological polar surface area (TPSA) is 80.8 Å². The van der Waals surface area contributed by atoms with E-state index in [0.29, 0.717) is 29.3 Å². The molecular weight excluding hydrogens is 414 g/mol. The molecule has 0 radical (unpaired) electrons. The molecule has 0 atom stereocenters. The third kappa shape index (κ3) is 5.61. The van der Waals surface area contributed by atoms with Crippen LogP contribution in [0.1, 0.15) is 23.0 Å². The maximum atomic E-state index is 12.6. The summed E-state index contributed by atoms with van der Waals surface area (Å²) in [5.74, 6) is 0.900. The summed E-state index contributed by atoms with van der Waals surface area (Å²) < 4.78 is 10.8. The Bertz CT molecular complexity index is 1060. The normalized spacial score (nSPS) is 10.5. The standard InChI is InChI=1S/C23H25N3O4S/c1-5-30-18-9-6-15(7-10-18)22-24-17(14-31-22)13-21(27)25-19-12-16(23(28)26(2)3)8-11-20(19)29-4/h6-12,14H,5,13H2,1-4H3,(H,25,27). The molecule has 162 valence electrons. The van der Waals surface area contributed by atoms with Crippen LogP contribution in [0.5, 0.6) is 11.5 Å². The van der Waals surface area contributed by atoms with Gasteiger partial charge in [0.25, 0.3) is 5.91 Å². The van der Waals surface area contributed by atoms with Gasteiger partial charge in [-0.15, -0.1) is 11.3 Å². The van der Waals surface area contributed by atoms with Gasteiger partial charge < -0.3 is 19.7 Å². The second kappa shape index (κ2) is 10.1. The Morgan fingerprint density at radius 1 is 1.13 bits per heavy atom. The quantitative estimate of drug-likeness (QED) is 0.572. The van der Waals surface area contributed by atoms with Gasteiger partial charge in [0.1, 0.15) is 16.5 Å². The Kier molecular flexibility index (Phi) is 7.25. The largest absolute Gasteiger partial charge is 0.495 e. The lowest BCUT2D eigenvalue weighted by Crippen LogP contribution is -2.22. The van der Waals surface area contributed by atoms with Gasteiger partial charge in [-0.25, -0.2) is 4.98 Å². The number of hydrogen-bond acceptors (Lipinski definition) is 6. The number of methoxy groups -OCH3 is 1. The van der Waals surface area contributed by atoms with Crippen LogP contribution in [0.25, 0.3) is 10.6 Å². The molecule has 2 aromatic carbocycles. The highest BCUT2D eigenvalue weighted by Crippen LogP contribution is 2.28. The molecule has 0 aliphatic heterocycles. The number of aromatic nitrogens is 1. The number of hydrogen-bond donors (Lipinski definition) is 1. The smallest absolute Gasteiger partial charge is 0.253 e. The third-order valence-electron chi connectivity index (χ3n) is 4.43. The lowest BCUT2D eigenvalue weighted by atomic mass is 10.1. The molecule has 1 N–H and O–H groups in total. The average molecular weight is 440 g/mol. The Morgan fingerprint density at radius 3 is 2.52 bits per heavy atom. The molecule has 31 heavy (non-hydrogen) atoms. The summed E-state index contributed by atoms with van der Waals surface area (Å²) in [4.78, 5) is 30.9. The summed E-state index contributed by atoms with van der Waals surface area (Å²) >= 11 is 1.48. The van der Waals surface area contributed by atoms with Crippen LogP contribution >= 0.6 is 11.3 Å². The van der Waals surface area contributed by atoms with Crippen LogP contribution in [-0.4, -0.2) is 49.5 Å². The highest BCUT2D eigenvalue weighted by atomic mass is 32.1. The minimum atomic E-state index is -0.240. The van der Waals surface area contributed by atoms with E-state index in [0.717, 1.165) is 16.3 Å². The predicted molar refractivity (Wildman–Crippen MR) is 122 cm³/mol. The number of carbonyl (C=O) groups excluding carboxylic acids is 2. The van der Waals surface area contributed by atoms with Crippen molar-refractivity contribution in [2.75, 3.05) is 33.1 Å². The van der Waals surface area contributed by atoms with Crippen molar-refractivity contribution in [1.29, 1.82) is 0 Å².